The van der Waals surface area contributed by atoms with E-state index in [9.17, 15) is 19.2 Å². The molecule has 0 aromatic carbocycles. The molecule has 0 bridgehead atoms. The summed E-state index contributed by atoms with van der Waals surface area (Å²) in [6.45, 7) is 4.92. The van der Waals surface area contributed by atoms with Crippen molar-refractivity contribution in [3.8, 4) is 0 Å². The molecule has 1 saturated heterocycles. The Hall–Kier alpha value is -1.92. The second-order valence-electron chi connectivity index (χ2n) is 4.93. The normalized spacial score (nSPS) is 20.7. The van der Waals surface area contributed by atoms with Crippen LogP contribution in [-0.2, 0) is 19.2 Å². The molecule has 1 aliphatic rings. The molecule has 2 unspecified atom stereocenters. The van der Waals surface area contributed by atoms with E-state index in [-0.39, 0.29) is 30.6 Å². The van der Waals surface area contributed by atoms with Gasteiger partial charge in [-0.15, -0.1) is 0 Å². The van der Waals surface area contributed by atoms with E-state index in [0.717, 1.165) is 0 Å². The quantitative estimate of drug-likeness (QED) is 0.573. The van der Waals surface area contributed by atoms with Gasteiger partial charge in [-0.2, -0.15) is 0 Å². The third-order valence-electron chi connectivity index (χ3n) is 2.86. The lowest BCUT2D eigenvalue weighted by molar-refractivity contribution is -0.138. The van der Waals surface area contributed by atoms with Crippen LogP contribution in [0.5, 0.6) is 0 Å². The van der Waals surface area contributed by atoms with E-state index in [2.05, 4.69) is 16.0 Å². The van der Waals surface area contributed by atoms with Gasteiger partial charge in [0.25, 0.3) is 0 Å². The molecular formula is C12H19N3O4. The van der Waals surface area contributed by atoms with E-state index in [1.807, 2.05) is 0 Å². The van der Waals surface area contributed by atoms with E-state index in [1.54, 1.807) is 13.8 Å². The summed E-state index contributed by atoms with van der Waals surface area (Å²) in [4.78, 5) is 45.6. The number of amides is 4. The molecule has 4 amide bonds. The van der Waals surface area contributed by atoms with Gasteiger partial charge in [0.1, 0.15) is 12.1 Å². The van der Waals surface area contributed by atoms with Crippen molar-refractivity contribution in [3.05, 3.63) is 0 Å². The van der Waals surface area contributed by atoms with Crippen molar-refractivity contribution in [2.24, 2.45) is 5.92 Å². The summed E-state index contributed by atoms with van der Waals surface area (Å²) < 4.78 is 0. The lowest BCUT2D eigenvalue weighted by Gasteiger charge is -2.26. The van der Waals surface area contributed by atoms with Crippen LogP contribution < -0.4 is 16.0 Å². The summed E-state index contributed by atoms with van der Waals surface area (Å²) in [7, 11) is 0. The highest BCUT2D eigenvalue weighted by atomic mass is 16.2. The van der Waals surface area contributed by atoms with Crippen LogP contribution in [0.25, 0.3) is 0 Å². The van der Waals surface area contributed by atoms with Gasteiger partial charge in [-0.05, 0) is 12.3 Å². The molecule has 2 atom stereocenters. The molecule has 0 saturated carbocycles. The summed E-state index contributed by atoms with van der Waals surface area (Å²) in [6, 6.07) is -1.41. The molecule has 0 spiro atoms. The van der Waals surface area contributed by atoms with Crippen LogP contribution in [0.3, 0.4) is 0 Å². The van der Waals surface area contributed by atoms with Crippen LogP contribution in [0.4, 0.5) is 0 Å². The van der Waals surface area contributed by atoms with Gasteiger partial charge in [-0.3, -0.25) is 24.5 Å². The summed E-state index contributed by atoms with van der Waals surface area (Å²) >= 11 is 0. The minimum atomic E-state index is -0.722. The molecular weight excluding hydrogens is 250 g/mol. The van der Waals surface area contributed by atoms with Crippen LogP contribution in [0, 0.1) is 5.92 Å². The topological polar surface area (TPSA) is 104 Å². The first kappa shape index (κ1) is 15.1. The van der Waals surface area contributed by atoms with E-state index in [4.69, 9.17) is 0 Å². The van der Waals surface area contributed by atoms with Crippen LogP contribution >= 0.6 is 0 Å². The first-order valence-corrected chi connectivity index (χ1v) is 6.22. The molecule has 0 radical (unpaired) electrons. The van der Waals surface area contributed by atoms with Crippen molar-refractivity contribution in [3.63, 3.8) is 0 Å². The van der Waals surface area contributed by atoms with Gasteiger partial charge in [-0.1, -0.05) is 13.8 Å². The summed E-state index contributed by atoms with van der Waals surface area (Å²) in [5.74, 6) is -1.67. The third kappa shape index (κ3) is 4.35. The molecule has 1 heterocycles. The number of imide groups is 1. The predicted molar refractivity (Wildman–Crippen MR) is 66.8 cm³/mol. The molecule has 1 aliphatic heterocycles. The van der Waals surface area contributed by atoms with Gasteiger partial charge in [0.05, 0.1) is 0 Å². The van der Waals surface area contributed by atoms with Gasteiger partial charge in [-0.25, -0.2) is 0 Å². The van der Waals surface area contributed by atoms with Crippen molar-refractivity contribution in [1.82, 2.24) is 16.0 Å². The Balaban J connectivity index is 2.63. The number of piperidine rings is 1. The van der Waals surface area contributed by atoms with E-state index in [1.165, 1.54) is 6.92 Å². The number of carbonyl (C=O) groups excluding carboxylic acids is 4. The van der Waals surface area contributed by atoms with Gasteiger partial charge in [0.2, 0.25) is 23.6 Å². The van der Waals surface area contributed by atoms with Crippen molar-refractivity contribution >= 4 is 23.6 Å². The van der Waals surface area contributed by atoms with Crippen molar-refractivity contribution in [2.75, 3.05) is 0 Å². The van der Waals surface area contributed by atoms with E-state index in [0.29, 0.717) is 0 Å². The smallest absolute Gasteiger partial charge is 0.249 e. The van der Waals surface area contributed by atoms with Crippen LogP contribution in [0.15, 0.2) is 0 Å². The summed E-state index contributed by atoms with van der Waals surface area (Å²) in [5.41, 5.74) is 0. The zero-order valence-corrected chi connectivity index (χ0v) is 11.3. The Morgan fingerprint density at radius 3 is 2.42 bits per heavy atom. The lowest BCUT2D eigenvalue weighted by Crippen LogP contribution is -2.57. The maximum atomic E-state index is 12.0. The predicted octanol–water partition coefficient (Wildman–Crippen LogP) is -0.931. The molecule has 0 aromatic heterocycles. The molecule has 1 rings (SSSR count). The largest absolute Gasteiger partial charge is 0.344 e. The molecule has 7 heteroatoms. The monoisotopic (exact) mass is 269 g/mol. The fourth-order valence-corrected chi connectivity index (χ4v) is 1.85. The van der Waals surface area contributed by atoms with Crippen molar-refractivity contribution in [1.29, 1.82) is 0 Å². The molecule has 0 aromatic rings. The lowest BCUT2D eigenvalue weighted by atomic mass is 10.0. The fourth-order valence-electron chi connectivity index (χ4n) is 1.85. The number of rotatable bonds is 4. The first-order valence-electron chi connectivity index (χ1n) is 6.22. The molecule has 19 heavy (non-hydrogen) atoms. The average Bonchev–Trinajstić information content (AvgIpc) is 2.29. The molecule has 1 fully saturated rings. The third-order valence-corrected chi connectivity index (χ3v) is 2.86. The summed E-state index contributed by atoms with van der Waals surface area (Å²) in [5, 5.41) is 7.26. The molecule has 0 aliphatic carbocycles. The molecule has 106 valence electrons. The second kappa shape index (κ2) is 6.31. The van der Waals surface area contributed by atoms with Crippen LogP contribution in [0.2, 0.25) is 0 Å². The minimum Gasteiger partial charge on any atom is -0.344 e. The van der Waals surface area contributed by atoms with Gasteiger partial charge in [0, 0.05) is 13.3 Å². The SMILES string of the molecule is CC(=O)NC(C(=O)NC1CCC(=O)NC1=O)C(C)C. The van der Waals surface area contributed by atoms with Crippen LogP contribution in [-0.4, -0.2) is 35.7 Å². The summed E-state index contributed by atoms with van der Waals surface area (Å²) in [6.07, 6.45) is 0.477. The number of hydrogen-bond acceptors (Lipinski definition) is 4. The first-order chi connectivity index (χ1) is 8.81. The standard InChI is InChI=1S/C12H19N3O4/c1-6(2)10(13-7(3)16)12(19)14-8-4-5-9(17)15-11(8)18/h6,8,10H,4-5H2,1-3H3,(H,13,16)(H,14,19)(H,15,17,18). The Morgan fingerprint density at radius 2 is 1.95 bits per heavy atom. The Morgan fingerprint density at radius 1 is 1.32 bits per heavy atom. The highest BCUT2D eigenvalue weighted by Crippen LogP contribution is 2.07. The Bertz CT molecular complexity index is 406. The number of nitrogens with one attached hydrogen (secondary N) is 3. The van der Waals surface area contributed by atoms with Crippen LogP contribution in [0.1, 0.15) is 33.6 Å². The van der Waals surface area contributed by atoms with Crippen molar-refractivity contribution in [2.45, 2.75) is 45.7 Å². The molecule has 7 nitrogen and oxygen atoms in total. The molecule has 3 N–H and O–H groups in total. The van der Waals surface area contributed by atoms with E-state index >= 15 is 0 Å². The highest BCUT2D eigenvalue weighted by molar-refractivity contribution is 6.02. The minimum absolute atomic E-state index is 0.0998. The zero-order valence-electron chi connectivity index (χ0n) is 11.3. The highest BCUT2D eigenvalue weighted by Gasteiger charge is 2.31. The number of carbonyl (C=O) groups is 4. The number of hydrogen-bond donors (Lipinski definition) is 3. The van der Waals surface area contributed by atoms with Gasteiger partial charge < -0.3 is 10.6 Å². The maximum absolute atomic E-state index is 12.0. The van der Waals surface area contributed by atoms with Crippen molar-refractivity contribution < 1.29 is 19.2 Å². The second-order valence-corrected chi connectivity index (χ2v) is 4.93. The van der Waals surface area contributed by atoms with Gasteiger partial charge in [0.15, 0.2) is 0 Å². The fraction of sp³-hybridized carbons (Fsp3) is 0.667. The van der Waals surface area contributed by atoms with E-state index < -0.39 is 23.9 Å². The Labute approximate surface area is 111 Å². The zero-order chi connectivity index (χ0) is 14.6. The Kier molecular flexibility index (Phi) is 5.02. The van der Waals surface area contributed by atoms with Gasteiger partial charge >= 0.3 is 0 Å². The average molecular weight is 269 g/mol. The maximum Gasteiger partial charge on any atom is 0.249 e.